The van der Waals surface area contributed by atoms with Crippen molar-refractivity contribution in [3.63, 3.8) is 0 Å². The van der Waals surface area contributed by atoms with E-state index in [0.29, 0.717) is 6.41 Å². The fourth-order valence-electron chi connectivity index (χ4n) is 0.265. The highest BCUT2D eigenvalue weighted by molar-refractivity contribution is 5.75. The van der Waals surface area contributed by atoms with Gasteiger partial charge in [-0.1, -0.05) is 0 Å². The first-order valence-electron chi connectivity index (χ1n) is 2.49. The van der Waals surface area contributed by atoms with Gasteiger partial charge in [0.25, 0.3) is 0 Å². The van der Waals surface area contributed by atoms with Crippen molar-refractivity contribution >= 4 is 12.4 Å². The van der Waals surface area contributed by atoms with E-state index < -0.39 is 12.0 Å². The van der Waals surface area contributed by atoms with Crippen molar-refractivity contribution in [1.29, 1.82) is 0 Å². The van der Waals surface area contributed by atoms with Crippen molar-refractivity contribution < 1.29 is 14.7 Å². The molecule has 0 saturated carbocycles. The number of hydrogen-bond donors (Lipinski definition) is 1. The van der Waals surface area contributed by atoms with Crippen LogP contribution < -0.4 is 0 Å². The molecule has 1 unspecified atom stereocenters. The summed E-state index contributed by atoms with van der Waals surface area (Å²) in [5.41, 5.74) is 0. The summed E-state index contributed by atoms with van der Waals surface area (Å²) in [5, 5.41) is 8.28. The fourth-order valence-corrected chi connectivity index (χ4v) is 0.265. The molecule has 0 aliphatic carbocycles. The first-order valence-corrected chi connectivity index (χ1v) is 2.49. The van der Waals surface area contributed by atoms with Gasteiger partial charge in [-0.25, -0.2) is 4.79 Å². The van der Waals surface area contributed by atoms with Crippen LogP contribution in [0.3, 0.4) is 0 Å². The summed E-state index contributed by atoms with van der Waals surface area (Å²) in [4.78, 5) is 21.1. The number of carbonyl (C=O) groups is 2. The van der Waals surface area contributed by atoms with Crippen LogP contribution in [0.1, 0.15) is 6.92 Å². The monoisotopic (exact) mass is 131 g/mol. The minimum Gasteiger partial charge on any atom is -0.480 e. The average molecular weight is 131 g/mol. The maximum absolute atomic E-state index is 10.1. The Bertz CT molecular complexity index is 123. The molecule has 0 aromatic heterocycles. The predicted octanol–water partition coefficient (Wildman–Crippen LogP) is -0.452. The van der Waals surface area contributed by atoms with Gasteiger partial charge in [0.2, 0.25) is 6.41 Å². The topological polar surface area (TPSA) is 57.6 Å². The largest absolute Gasteiger partial charge is 0.480 e. The molecule has 4 heteroatoms. The van der Waals surface area contributed by atoms with Crippen LogP contribution in [0.15, 0.2) is 0 Å². The zero-order valence-electron chi connectivity index (χ0n) is 5.37. The Morgan fingerprint density at radius 1 is 1.78 bits per heavy atom. The number of hydrogen-bond acceptors (Lipinski definition) is 2. The van der Waals surface area contributed by atoms with Crippen molar-refractivity contribution in [3.05, 3.63) is 0 Å². The van der Waals surface area contributed by atoms with Gasteiger partial charge in [0.15, 0.2) is 0 Å². The van der Waals surface area contributed by atoms with Crippen LogP contribution in [0.4, 0.5) is 0 Å². The molecule has 1 amide bonds. The highest BCUT2D eigenvalue weighted by atomic mass is 16.4. The van der Waals surface area contributed by atoms with Gasteiger partial charge in [0, 0.05) is 7.05 Å². The minimum absolute atomic E-state index is 0.485. The fraction of sp³-hybridized carbons (Fsp3) is 0.600. The van der Waals surface area contributed by atoms with E-state index in [4.69, 9.17) is 5.11 Å². The third-order valence-corrected chi connectivity index (χ3v) is 1.13. The lowest BCUT2D eigenvalue weighted by Gasteiger charge is -2.14. The molecule has 1 atom stereocenters. The summed E-state index contributed by atoms with van der Waals surface area (Å²) in [6.07, 6.45) is 0.485. The van der Waals surface area contributed by atoms with Gasteiger partial charge in [-0.3, -0.25) is 4.79 Å². The van der Waals surface area contributed by atoms with E-state index in [0.717, 1.165) is 4.90 Å². The van der Waals surface area contributed by atoms with Crippen molar-refractivity contribution in [2.24, 2.45) is 0 Å². The van der Waals surface area contributed by atoms with Crippen LogP contribution in [-0.4, -0.2) is 35.5 Å². The van der Waals surface area contributed by atoms with Crippen LogP contribution >= 0.6 is 0 Å². The van der Waals surface area contributed by atoms with Crippen molar-refractivity contribution in [3.8, 4) is 0 Å². The molecule has 9 heavy (non-hydrogen) atoms. The van der Waals surface area contributed by atoms with Gasteiger partial charge in [-0.2, -0.15) is 0 Å². The molecule has 0 radical (unpaired) electrons. The third kappa shape index (κ3) is 2.12. The van der Waals surface area contributed by atoms with E-state index in [-0.39, 0.29) is 0 Å². The number of carboxylic acid groups (broad SMARTS) is 1. The molecule has 0 saturated heterocycles. The molecule has 0 fully saturated rings. The van der Waals surface area contributed by atoms with E-state index in [2.05, 4.69) is 0 Å². The van der Waals surface area contributed by atoms with Crippen LogP contribution in [0, 0.1) is 0 Å². The molecule has 0 aliphatic heterocycles. The summed E-state index contributed by atoms with van der Waals surface area (Å²) >= 11 is 0. The number of aliphatic carboxylic acids is 1. The Labute approximate surface area is 53.1 Å². The van der Waals surface area contributed by atoms with Gasteiger partial charge >= 0.3 is 5.97 Å². The summed E-state index contributed by atoms with van der Waals surface area (Å²) in [6, 6.07) is -0.734. The highest BCUT2D eigenvalue weighted by Crippen LogP contribution is 1.89. The molecule has 0 aliphatic rings. The lowest BCUT2D eigenvalue weighted by Crippen LogP contribution is -2.34. The average Bonchev–Trinajstić information content (AvgIpc) is 1.84. The first-order chi connectivity index (χ1) is 4.09. The lowest BCUT2D eigenvalue weighted by atomic mass is 10.3. The Balaban J connectivity index is 3.86. The molecule has 0 heterocycles. The standard InChI is InChI=1S/C5H9NO3/c1-4(5(8)9)6(2)3-7/h3-4H,1-2H3,(H,8,9). The normalized spacial score (nSPS) is 12.2. The van der Waals surface area contributed by atoms with E-state index >= 15 is 0 Å². The predicted molar refractivity (Wildman–Crippen MR) is 30.9 cm³/mol. The number of nitrogens with zero attached hydrogens (tertiary/aromatic N) is 1. The zero-order valence-corrected chi connectivity index (χ0v) is 5.37. The molecular weight excluding hydrogens is 122 g/mol. The van der Waals surface area contributed by atoms with Gasteiger partial charge in [0.1, 0.15) is 6.04 Å². The highest BCUT2D eigenvalue weighted by Gasteiger charge is 2.13. The maximum atomic E-state index is 10.1. The molecule has 1 N–H and O–H groups in total. The summed E-state index contributed by atoms with van der Waals surface area (Å²) in [7, 11) is 1.42. The summed E-state index contributed by atoms with van der Waals surface area (Å²) in [5.74, 6) is -0.996. The third-order valence-electron chi connectivity index (χ3n) is 1.13. The lowest BCUT2D eigenvalue weighted by molar-refractivity contribution is -0.144. The second kappa shape index (κ2) is 3.06. The molecule has 0 rings (SSSR count). The number of carbonyl (C=O) groups excluding carboxylic acids is 1. The SMILES string of the molecule is CC(C(=O)O)N(C)C=O. The van der Waals surface area contributed by atoms with E-state index in [9.17, 15) is 9.59 Å². The number of likely N-dealkylation sites (N-methyl/N-ethyl adjacent to an activating group) is 1. The quantitative estimate of drug-likeness (QED) is 0.527. The first kappa shape index (κ1) is 7.94. The molecule has 52 valence electrons. The van der Waals surface area contributed by atoms with Crippen LogP contribution in [0.25, 0.3) is 0 Å². The molecule has 0 aromatic rings. The summed E-state index contributed by atoms with van der Waals surface area (Å²) < 4.78 is 0. The Morgan fingerprint density at radius 2 is 2.22 bits per heavy atom. The molecule has 0 bridgehead atoms. The van der Waals surface area contributed by atoms with E-state index in [1.807, 2.05) is 0 Å². The second-order valence-electron chi connectivity index (χ2n) is 1.79. The van der Waals surface area contributed by atoms with Gasteiger partial charge < -0.3 is 10.0 Å². The smallest absolute Gasteiger partial charge is 0.326 e. The molecular formula is C5H9NO3. The number of amides is 1. The Hall–Kier alpha value is -1.06. The van der Waals surface area contributed by atoms with Gasteiger partial charge in [-0.05, 0) is 6.92 Å². The van der Waals surface area contributed by atoms with Crippen LogP contribution in [0.2, 0.25) is 0 Å². The van der Waals surface area contributed by atoms with Crippen molar-refractivity contribution in [1.82, 2.24) is 4.90 Å². The van der Waals surface area contributed by atoms with Gasteiger partial charge in [-0.15, -0.1) is 0 Å². The minimum atomic E-state index is -0.996. The van der Waals surface area contributed by atoms with Gasteiger partial charge in [0.05, 0.1) is 0 Å². The van der Waals surface area contributed by atoms with E-state index in [1.54, 1.807) is 0 Å². The van der Waals surface area contributed by atoms with E-state index in [1.165, 1.54) is 14.0 Å². The number of rotatable bonds is 3. The summed E-state index contributed by atoms with van der Waals surface area (Å²) in [6.45, 7) is 1.44. The van der Waals surface area contributed by atoms with Crippen molar-refractivity contribution in [2.75, 3.05) is 7.05 Å². The molecule has 0 aromatic carbocycles. The zero-order chi connectivity index (χ0) is 7.44. The molecule has 4 nitrogen and oxygen atoms in total. The second-order valence-corrected chi connectivity index (χ2v) is 1.79. The van der Waals surface area contributed by atoms with Crippen molar-refractivity contribution in [2.45, 2.75) is 13.0 Å². The van der Waals surface area contributed by atoms with Crippen LogP contribution in [0.5, 0.6) is 0 Å². The number of carboxylic acids is 1. The molecule has 0 spiro atoms. The van der Waals surface area contributed by atoms with Crippen LogP contribution in [-0.2, 0) is 9.59 Å². The maximum Gasteiger partial charge on any atom is 0.326 e. The Morgan fingerprint density at radius 3 is 2.33 bits per heavy atom. The Kier molecular flexibility index (Phi) is 2.70.